The number of hydrogen-bond donors (Lipinski definition) is 2. The molecular formula is C13H12N4OS. The van der Waals surface area contributed by atoms with Crippen LogP contribution < -0.4 is 5.32 Å². The zero-order valence-electron chi connectivity index (χ0n) is 10.5. The molecular weight excluding hydrogens is 260 g/mol. The van der Waals surface area contributed by atoms with Crippen LogP contribution in [0.4, 0.5) is 5.13 Å². The lowest BCUT2D eigenvalue weighted by Gasteiger charge is -2.01. The summed E-state index contributed by atoms with van der Waals surface area (Å²) in [5, 5.41) is 3.44. The zero-order chi connectivity index (χ0) is 13.4. The lowest BCUT2D eigenvalue weighted by atomic mass is 10.2. The molecule has 6 heteroatoms. The van der Waals surface area contributed by atoms with E-state index in [9.17, 15) is 4.79 Å². The molecule has 0 saturated carbocycles. The number of carbonyl (C=O) groups excluding carboxylic acids is 1. The molecule has 2 N–H and O–H groups in total. The second kappa shape index (κ2) is 4.47. The van der Waals surface area contributed by atoms with Gasteiger partial charge in [-0.05, 0) is 32.0 Å². The third-order valence-electron chi connectivity index (χ3n) is 2.93. The Morgan fingerprint density at radius 2 is 2.21 bits per heavy atom. The van der Waals surface area contributed by atoms with Crippen molar-refractivity contribution in [1.82, 2.24) is 15.0 Å². The van der Waals surface area contributed by atoms with Crippen LogP contribution in [0.1, 0.15) is 20.9 Å². The van der Waals surface area contributed by atoms with Crippen molar-refractivity contribution >= 4 is 33.4 Å². The molecule has 0 saturated heterocycles. The summed E-state index contributed by atoms with van der Waals surface area (Å²) in [5.74, 6) is -0.162. The van der Waals surface area contributed by atoms with E-state index in [1.807, 2.05) is 19.9 Å². The third kappa shape index (κ3) is 2.22. The molecule has 5 nitrogen and oxygen atoms in total. The van der Waals surface area contributed by atoms with Crippen molar-refractivity contribution in [1.29, 1.82) is 0 Å². The maximum atomic E-state index is 12.1. The second-order valence-electron chi connectivity index (χ2n) is 4.25. The van der Waals surface area contributed by atoms with E-state index in [0.29, 0.717) is 10.7 Å². The molecule has 96 valence electrons. The van der Waals surface area contributed by atoms with E-state index in [4.69, 9.17) is 0 Å². The molecule has 0 fully saturated rings. The number of nitrogens with one attached hydrogen (secondary N) is 2. The maximum absolute atomic E-state index is 12.1. The molecule has 0 unspecified atom stereocenters. The van der Waals surface area contributed by atoms with Crippen molar-refractivity contribution in [3.8, 4) is 0 Å². The molecule has 1 amide bonds. The van der Waals surface area contributed by atoms with E-state index in [0.717, 1.165) is 21.6 Å². The van der Waals surface area contributed by atoms with Gasteiger partial charge in [-0.3, -0.25) is 10.1 Å². The van der Waals surface area contributed by atoms with Gasteiger partial charge >= 0.3 is 0 Å². The number of H-pyrrole nitrogens is 1. The normalized spacial score (nSPS) is 10.8. The Kier molecular flexibility index (Phi) is 2.79. The number of anilines is 1. The average molecular weight is 272 g/mol. The van der Waals surface area contributed by atoms with E-state index < -0.39 is 0 Å². The summed E-state index contributed by atoms with van der Waals surface area (Å²) in [6, 6.07) is 5.36. The topological polar surface area (TPSA) is 70.7 Å². The molecule has 0 aliphatic rings. The van der Waals surface area contributed by atoms with Gasteiger partial charge in [-0.2, -0.15) is 0 Å². The highest BCUT2D eigenvalue weighted by atomic mass is 32.1. The highest BCUT2D eigenvalue weighted by Gasteiger charge is 2.11. The van der Waals surface area contributed by atoms with E-state index in [-0.39, 0.29) is 5.91 Å². The molecule has 3 aromatic rings. The monoisotopic (exact) mass is 272 g/mol. The summed E-state index contributed by atoms with van der Waals surface area (Å²) in [6.45, 7) is 3.91. The minimum atomic E-state index is -0.162. The first-order valence-corrected chi connectivity index (χ1v) is 6.63. The number of aryl methyl sites for hydroxylation is 2. The first-order chi connectivity index (χ1) is 9.13. The highest BCUT2D eigenvalue weighted by molar-refractivity contribution is 7.15. The van der Waals surface area contributed by atoms with Gasteiger partial charge in [-0.1, -0.05) is 0 Å². The number of carbonyl (C=O) groups is 1. The maximum Gasteiger partial charge on any atom is 0.257 e. The van der Waals surface area contributed by atoms with Gasteiger partial charge in [-0.25, -0.2) is 9.97 Å². The van der Waals surface area contributed by atoms with Crippen LogP contribution in [0.15, 0.2) is 24.5 Å². The molecule has 2 heterocycles. The third-order valence-corrected chi connectivity index (χ3v) is 3.92. The zero-order valence-corrected chi connectivity index (χ0v) is 11.3. The fourth-order valence-corrected chi connectivity index (χ4v) is 2.58. The fraction of sp³-hybridized carbons (Fsp3) is 0.154. The van der Waals surface area contributed by atoms with Gasteiger partial charge in [-0.15, -0.1) is 11.3 Å². The van der Waals surface area contributed by atoms with Crippen molar-refractivity contribution in [2.24, 2.45) is 0 Å². The molecule has 0 spiro atoms. The van der Waals surface area contributed by atoms with Crippen LogP contribution >= 0.6 is 11.3 Å². The number of nitrogens with zero attached hydrogens (tertiary/aromatic N) is 2. The van der Waals surface area contributed by atoms with Gasteiger partial charge in [0.2, 0.25) is 0 Å². The van der Waals surface area contributed by atoms with Gasteiger partial charge in [0.15, 0.2) is 5.13 Å². The summed E-state index contributed by atoms with van der Waals surface area (Å²) >= 11 is 1.48. The minimum absolute atomic E-state index is 0.162. The van der Waals surface area contributed by atoms with Crippen LogP contribution in [-0.2, 0) is 0 Å². The number of amides is 1. The number of aromatic amines is 1. The smallest absolute Gasteiger partial charge is 0.257 e. The van der Waals surface area contributed by atoms with Crippen molar-refractivity contribution in [3.63, 3.8) is 0 Å². The Morgan fingerprint density at radius 3 is 2.95 bits per heavy atom. The molecule has 2 aromatic heterocycles. The molecule has 1 aromatic carbocycles. The molecule has 0 atom stereocenters. The van der Waals surface area contributed by atoms with Crippen molar-refractivity contribution < 1.29 is 4.79 Å². The summed E-state index contributed by atoms with van der Waals surface area (Å²) < 4.78 is 0. The number of benzene rings is 1. The number of hydrogen-bond acceptors (Lipinski definition) is 4. The summed E-state index contributed by atoms with van der Waals surface area (Å²) in [7, 11) is 0. The molecule has 3 rings (SSSR count). The Labute approximate surface area is 113 Å². The van der Waals surface area contributed by atoms with Gasteiger partial charge < -0.3 is 4.98 Å². The second-order valence-corrected chi connectivity index (χ2v) is 5.45. The van der Waals surface area contributed by atoms with Gasteiger partial charge in [0.1, 0.15) is 0 Å². The summed E-state index contributed by atoms with van der Waals surface area (Å²) in [4.78, 5) is 24.6. The first-order valence-electron chi connectivity index (χ1n) is 5.82. The molecule has 0 aliphatic heterocycles. The Bertz CT molecular complexity index is 739. The first kappa shape index (κ1) is 11.9. The minimum Gasteiger partial charge on any atom is -0.345 e. The van der Waals surface area contributed by atoms with E-state index >= 15 is 0 Å². The van der Waals surface area contributed by atoms with Gasteiger partial charge in [0.25, 0.3) is 5.91 Å². The van der Waals surface area contributed by atoms with Crippen LogP contribution in [0, 0.1) is 13.8 Å². The Hall–Kier alpha value is -2.21. The largest absolute Gasteiger partial charge is 0.345 e. The van der Waals surface area contributed by atoms with Crippen LogP contribution in [0.3, 0.4) is 0 Å². The number of rotatable bonds is 2. The van der Waals surface area contributed by atoms with E-state index in [1.54, 1.807) is 18.5 Å². The summed E-state index contributed by atoms with van der Waals surface area (Å²) in [5.41, 5.74) is 3.23. The van der Waals surface area contributed by atoms with E-state index in [2.05, 4.69) is 20.3 Å². The predicted octanol–water partition coefficient (Wildman–Crippen LogP) is 2.89. The van der Waals surface area contributed by atoms with Crippen LogP contribution in [-0.4, -0.2) is 20.9 Å². The summed E-state index contributed by atoms with van der Waals surface area (Å²) in [6.07, 6.45) is 1.61. The van der Waals surface area contributed by atoms with Crippen molar-refractivity contribution in [2.75, 3.05) is 5.32 Å². The van der Waals surface area contributed by atoms with Crippen molar-refractivity contribution in [2.45, 2.75) is 13.8 Å². The van der Waals surface area contributed by atoms with Gasteiger partial charge in [0, 0.05) is 10.4 Å². The number of fused-ring (bicyclic) bond motifs is 1. The standard InChI is InChI=1S/C13H12N4OS/c1-7-8(2)19-13(16-7)17-12(18)9-3-4-10-11(5-9)15-6-14-10/h3-6H,1-2H3,(H,14,15)(H,16,17,18). The van der Waals surface area contributed by atoms with Gasteiger partial charge in [0.05, 0.1) is 23.1 Å². The lowest BCUT2D eigenvalue weighted by molar-refractivity contribution is 0.102. The average Bonchev–Trinajstić information content (AvgIpc) is 2.96. The molecule has 19 heavy (non-hydrogen) atoms. The molecule has 0 bridgehead atoms. The van der Waals surface area contributed by atoms with Crippen LogP contribution in [0.2, 0.25) is 0 Å². The number of aromatic nitrogens is 3. The quantitative estimate of drug-likeness (QED) is 0.753. The van der Waals surface area contributed by atoms with E-state index in [1.165, 1.54) is 11.3 Å². The predicted molar refractivity (Wildman–Crippen MR) is 75.6 cm³/mol. The molecule has 0 radical (unpaired) electrons. The Morgan fingerprint density at radius 1 is 1.37 bits per heavy atom. The van der Waals surface area contributed by atoms with Crippen LogP contribution in [0.25, 0.3) is 11.0 Å². The number of thiazole rings is 1. The SMILES string of the molecule is Cc1nc(NC(=O)c2ccc3nc[nH]c3c2)sc1C. The lowest BCUT2D eigenvalue weighted by Crippen LogP contribution is -2.11. The Balaban J connectivity index is 1.86. The van der Waals surface area contributed by atoms with Crippen molar-refractivity contribution in [3.05, 3.63) is 40.7 Å². The van der Waals surface area contributed by atoms with Crippen LogP contribution in [0.5, 0.6) is 0 Å². The molecule has 0 aliphatic carbocycles. The highest BCUT2D eigenvalue weighted by Crippen LogP contribution is 2.22. The number of imidazole rings is 1. The fourth-order valence-electron chi connectivity index (χ4n) is 1.77.